The zero-order chi connectivity index (χ0) is 18.5. The van der Waals surface area contributed by atoms with Crippen molar-refractivity contribution >= 4 is 11.5 Å². The van der Waals surface area contributed by atoms with Crippen molar-refractivity contribution in [1.29, 1.82) is 0 Å². The van der Waals surface area contributed by atoms with Crippen LogP contribution in [0, 0.1) is 6.92 Å². The number of nitrogens with zero attached hydrogens (tertiary/aromatic N) is 1. The van der Waals surface area contributed by atoms with Crippen LogP contribution in [0.15, 0.2) is 65.4 Å². The Morgan fingerprint density at radius 3 is 2.42 bits per heavy atom. The van der Waals surface area contributed by atoms with Gasteiger partial charge in [-0.3, -0.25) is 0 Å². The van der Waals surface area contributed by atoms with Gasteiger partial charge in [0.05, 0.1) is 20.5 Å². The minimum absolute atomic E-state index is 0.311. The zero-order valence-corrected chi connectivity index (χ0v) is 14.9. The number of aryl methyl sites for hydroxylation is 1. The molecule has 5 heteroatoms. The van der Waals surface area contributed by atoms with Crippen molar-refractivity contribution in [2.24, 2.45) is 0 Å². The SMILES string of the molecule is COC=C(C(=O)OC)c1ccccc1-c1cc(-c2ccccc2C)on1. The Morgan fingerprint density at radius 1 is 1.04 bits per heavy atom. The number of aromatic nitrogens is 1. The number of hydrogen-bond acceptors (Lipinski definition) is 5. The molecule has 2 aromatic carbocycles. The van der Waals surface area contributed by atoms with Crippen LogP contribution in [0.25, 0.3) is 28.2 Å². The molecule has 0 saturated carbocycles. The summed E-state index contributed by atoms with van der Waals surface area (Å²) in [6, 6.07) is 17.2. The molecular weight excluding hydrogens is 330 g/mol. The summed E-state index contributed by atoms with van der Waals surface area (Å²) in [4.78, 5) is 12.1. The summed E-state index contributed by atoms with van der Waals surface area (Å²) >= 11 is 0. The summed E-state index contributed by atoms with van der Waals surface area (Å²) in [5.41, 5.74) is 4.42. The first-order valence-corrected chi connectivity index (χ1v) is 8.09. The van der Waals surface area contributed by atoms with Crippen molar-refractivity contribution in [3.8, 4) is 22.6 Å². The molecule has 0 fully saturated rings. The first kappa shape index (κ1) is 17.5. The van der Waals surface area contributed by atoms with Crippen molar-refractivity contribution in [3.05, 3.63) is 72.0 Å². The average Bonchev–Trinajstić information content (AvgIpc) is 3.15. The molecule has 0 spiro atoms. The Morgan fingerprint density at radius 2 is 1.73 bits per heavy atom. The summed E-state index contributed by atoms with van der Waals surface area (Å²) in [5.74, 6) is 0.185. The number of hydrogen-bond donors (Lipinski definition) is 0. The summed E-state index contributed by atoms with van der Waals surface area (Å²) in [5, 5.41) is 4.20. The summed E-state index contributed by atoms with van der Waals surface area (Å²) in [7, 11) is 2.82. The molecule has 26 heavy (non-hydrogen) atoms. The summed E-state index contributed by atoms with van der Waals surface area (Å²) in [6.45, 7) is 2.02. The van der Waals surface area contributed by atoms with Crippen molar-refractivity contribution in [2.45, 2.75) is 6.92 Å². The van der Waals surface area contributed by atoms with E-state index < -0.39 is 5.97 Å². The molecule has 0 N–H and O–H groups in total. The van der Waals surface area contributed by atoms with Gasteiger partial charge in [0.1, 0.15) is 11.3 Å². The Bertz CT molecular complexity index is 956. The average molecular weight is 349 g/mol. The summed E-state index contributed by atoms with van der Waals surface area (Å²) in [6.07, 6.45) is 1.37. The molecule has 5 nitrogen and oxygen atoms in total. The Balaban J connectivity index is 2.08. The predicted octanol–water partition coefficient (Wildman–Crippen LogP) is 4.48. The van der Waals surface area contributed by atoms with Gasteiger partial charge in [0.25, 0.3) is 0 Å². The Kier molecular flexibility index (Phi) is 5.17. The van der Waals surface area contributed by atoms with Crippen LogP contribution in [0.1, 0.15) is 11.1 Å². The van der Waals surface area contributed by atoms with Gasteiger partial charge in [-0.15, -0.1) is 0 Å². The lowest BCUT2D eigenvalue weighted by molar-refractivity contribution is -0.133. The van der Waals surface area contributed by atoms with Gasteiger partial charge in [0.15, 0.2) is 5.76 Å². The van der Waals surface area contributed by atoms with E-state index in [0.717, 1.165) is 16.7 Å². The summed E-state index contributed by atoms with van der Waals surface area (Å²) < 4.78 is 15.5. The van der Waals surface area contributed by atoms with Crippen molar-refractivity contribution in [3.63, 3.8) is 0 Å². The van der Waals surface area contributed by atoms with Crippen LogP contribution in [-0.2, 0) is 14.3 Å². The monoisotopic (exact) mass is 349 g/mol. The molecule has 3 rings (SSSR count). The molecule has 132 valence electrons. The van der Waals surface area contributed by atoms with Crippen LogP contribution in [0.3, 0.4) is 0 Å². The fourth-order valence-electron chi connectivity index (χ4n) is 2.77. The molecule has 0 saturated heterocycles. The predicted molar refractivity (Wildman–Crippen MR) is 99.1 cm³/mol. The zero-order valence-electron chi connectivity index (χ0n) is 14.9. The fourth-order valence-corrected chi connectivity index (χ4v) is 2.77. The van der Waals surface area contributed by atoms with E-state index in [4.69, 9.17) is 14.0 Å². The second-order valence-corrected chi connectivity index (χ2v) is 5.70. The lowest BCUT2D eigenvalue weighted by Crippen LogP contribution is -2.05. The van der Waals surface area contributed by atoms with Gasteiger partial charge in [-0.1, -0.05) is 53.7 Å². The maximum absolute atomic E-state index is 12.1. The van der Waals surface area contributed by atoms with Crippen molar-refractivity contribution < 1.29 is 18.8 Å². The number of esters is 1. The van der Waals surface area contributed by atoms with Gasteiger partial charge in [0, 0.05) is 22.8 Å². The van der Waals surface area contributed by atoms with Gasteiger partial charge in [-0.05, 0) is 12.5 Å². The molecule has 3 aromatic rings. The smallest absolute Gasteiger partial charge is 0.341 e. The van der Waals surface area contributed by atoms with E-state index in [-0.39, 0.29) is 0 Å². The van der Waals surface area contributed by atoms with E-state index in [1.807, 2.05) is 61.5 Å². The van der Waals surface area contributed by atoms with Gasteiger partial charge in [-0.2, -0.15) is 0 Å². The highest BCUT2D eigenvalue weighted by atomic mass is 16.5. The van der Waals surface area contributed by atoms with Crippen LogP contribution in [-0.4, -0.2) is 25.3 Å². The van der Waals surface area contributed by atoms with Crippen LogP contribution in [0.4, 0.5) is 0 Å². The van der Waals surface area contributed by atoms with E-state index in [2.05, 4.69) is 5.16 Å². The third-order valence-corrected chi connectivity index (χ3v) is 4.05. The molecule has 0 bridgehead atoms. The van der Waals surface area contributed by atoms with Crippen molar-refractivity contribution in [1.82, 2.24) is 5.16 Å². The number of ether oxygens (including phenoxy) is 2. The Hall–Kier alpha value is -3.34. The number of carbonyl (C=O) groups is 1. The number of rotatable bonds is 5. The molecule has 0 aliphatic rings. The second kappa shape index (κ2) is 7.70. The van der Waals surface area contributed by atoms with E-state index in [0.29, 0.717) is 22.6 Å². The third kappa shape index (κ3) is 3.37. The molecule has 1 heterocycles. The highest BCUT2D eigenvalue weighted by Gasteiger charge is 2.20. The molecule has 0 aliphatic carbocycles. The highest BCUT2D eigenvalue weighted by Crippen LogP contribution is 2.32. The van der Waals surface area contributed by atoms with Gasteiger partial charge in [0.2, 0.25) is 0 Å². The maximum atomic E-state index is 12.1. The Labute approximate surface area is 151 Å². The van der Waals surface area contributed by atoms with E-state index >= 15 is 0 Å². The highest BCUT2D eigenvalue weighted by molar-refractivity contribution is 6.17. The topological polar surface area (TPSA) is 61.6 Å². The van der Waals surface area contributed by atoms with Gasteiger partial charge < -0.3 is 14.0 Å². The van der Waals surface area contributed by atoms with E-state index in [9.17, 15) is 4.79 Å². The molecule has 0 atom stereocenters. The quantitative estimate of drug-likeness (QED) is 0.386. The normalized spacial score (nSPS) is 11.3. The van der Waals surface area contributed by atoms with Gasteiger partial charge in [-0.25, -0.2) is 4.79 Å². The van der Waals surface area contributed by atoms with E-state index in [1.165, 1.54) is 20.5 Å². The first-order chi connectivity index (χ1) is 12.7. The maximum Gasteiger partial charge on any atom is 0.341 e. The number of benzene rings is 2. The lowest BCUT2D eigenvalue weighted by Gasteiger charge is -2.09. The largest absolute Gasteiger partial charge is 0.503 e. The van der Waals surface area contributed by atoms with Gasteiger partial charge >= 0.3 is 5.97 Å². The molecule has 1 aromatic heterocycles. The first-order valence-electron chi connectivity index (χ1n) is 8.09. The van der Waals surface area contributed by atoms with Crippen LogP contribution < -0.4 is 0 Å². The molecule has 0 radical (unpaired) electrons. The molecule has 0 amide bonds. The minimum atomic E-state index is -0.484. The molecule has 0 unspecified atom stereocenters. The van der Waals surface area contributed by atoms with E-state index in [1.54, 1.807) is 0 Å². The fraction of sp³-hybridized carbons (Fsp3) is 0.143. The number of methoxy groups -OCH3 is 2. The molecular formula is C21H19NO4. The van der Waals surface area contributed by atoms with Crippen LogP contribution in [0.5, 0.6) is 0 Å². The van der Waals surface area contributed by atoms with Crippen LogP contribution >= 0.6 is 0 Å². The second-order valence-electron chi connectivity index (χ2n) is 5.70. The molecule has 0 aliphatic heterocycles. The standard InChI is InChI=1S/C21H19NO4/c1-14-8-4-5-9-15(14)20-12-19(22-26-20)17-11-7-6-10-16(17)18(13-24-2)21(23)25-3/h4-13H,1-3H3. The minimum Gasteiger partial charge on any atom is -0.503 e. The third-order valence-electron chi connectivity index (χ3n) is 4.05. The number of carbonyl (C=O) groups excluding carboxylic acids is 1. The van der Waals surface area contributed by atoms with Crippen LogP contribution in [0.2, 0.25) is 0 Å². The van der Waals surface area contributed by atoms with Crippen molar-refractivity contribution in [2.75, 3.05) is 14.2 Å². The lowest BCUT2D eigenvalue weighted by atomic mass is 9.97.